The summed E-state index contributed by atoms with van der Waals surface area (Å²) in [4.78, 5) is 17.8. The summed E-state index contributed by atoms with van der Waals surface area (Å²) >= 11 is 0. The molecule has 0 radical (unpaired) electrons. The van der Waals surface area contributed by atoms with E-state index in [0.717, 1.165) is 25.1 Å². The molecule has 2 aromatic rings. The lowest BCUT2D eigenvalue weighted by Crippen LogP contribution is -2.58. The third-order valence-electron chi connectivity index (χ3n) is 6.88. The van der Waals surface area contributed by atoms with Gasteiger partial charge in [-0.1, -0.05) is 36.4 Å². The smallest absolute Gasteiger partial charge is 0.142 e. The average molecular weight is 443 g/mol. The number of fused-ring (bicyclic) bond motifs is 3. The second kappa shape index (κ2) is 12.5. The van der Waals surface area contributed by atoms with Crippen LogP contribution < -0.4 is 10.1 Å². The summed E-state index contributed by atoms with van der Waals surface area (Å²) in [6.45, 7) is 4.96. The van der Waals surface area contributed by atoms with E-state index in [2.05, 4.69) is 42.7 Å². The lowest BCUT2D eigenvalue weighted by Gasteiger charge is -2.41. The fourth-order valence-corrected chi connectivity index (χ4v) is 5.41. The molecule has 0 spiro atoms. The minimum Gasteiger partial charge on any atom is -0.489 e. The van der Waals surface area contributed by atoms with Crippen LogP contribution in [0.15, 0.2) is 48.5 Å². The van der Waals surface area contributed by atoms with E-state index in [1.54, 1.807) is 0 Å². The Hall–Kier alpha value is -2.57. The van der Waals surface area contributed by atoms with Crippen molar-refractivity contribution >= 4 is 13.6 Å². The van der Waals surface area contributed by atoms with Crippen LogP contribution in [0.1, 0.15) is 29.5 Å². The zero-order chi connectivity index (χ0) is 23.6. The largest absolute Gasteiger partial charge is 0.489 e. The molecule has 1 fully saturated rings. The highest BCUT2D eigenvalue weighted by Gasteiger charge is 2.50. The van der Waals surface area contributed by atoms with E-state index in [0.29, 0.717) is 18.4 Å². The van der Waals surface area contributed by atoms with Crippen molar-refractivity contribution in [3.05, 3.63) is 65.2 Å². The number of hydrogen-bond donors (Lipinski definition) is 1. The van der Waals surface area contributed by atoms with Gasteiger partial charge in [-0.25, -0.2) is 4.39 Å². The Labute approximate surface area is 191 Å². The first-order valence-corrected chi connectivity index (χ1v) is 10.9. The second-order valence-electron chi connectivity index (χ2n) is 8.51. The number of nitrogens with one attached hydrogen (secondary N) is 1. The Bertz CT molecular complexity index is 833. The summed E-state index contributed by atoms with van der Waals surface area (Å²) in [5.74, 6) is 2.02. The van der Waals surface area contributed by atoms with E-state index in [-0.39, 0.29) is 5.54 Å². The van der Waals surface area contributed by atoms with Crippen LogP contribution in [0, 0.1) is 11.8 Å². The predicted molar refractivity (Wildman–Crippen MR) is 125 cm³/mol. The van der Waals surface area contributed by atoms with Gasteiger partial charge in [0.1, 0.15) is 32.7 Å². The Morgan fingerprint density at radius 3 is 2.25 bits per heavy atom. The van der Waals surface area contributed by atoms with Gasteiger partial charge < -0.3 is 19.6 Å². The Balaban J connectivity index is 0.000000860. The maximum absolute atomic E-state index is 13.2. The highest BCUT2D eigenvalue weighted by molar-refractivity contribution is 5.39. The molecule has 0 saturated heterocycles. The molecule has 0 unspecified atom stereocenters. The minimum absolute atomic E-state index is 0.00901. The molecule has 2 aliphatic rings. The second-order valence-corrected chi connectivity index (χ2v) is 8.51. The predicted octanol–water partition coefficient (Wildman–Crippen LogP) is 3.84. The normalized spacial score (nSPS) is 23.1. The van der Waals surface area contributed by atoms with Crippen LogP contribution in [0.4, 0.5) is 4.39 Å². The van der Waals surface area contributed by atoms with Crippen molar-refractivity contribution in [3.63, 3.8) is 0 Å². The summed E-state index contributed by atoms with van der Waals surface area (Å²) < 4.78 is 19.3. The van der Waals surface area contributed by atoms with Crippen molar-refractivity contribution in [2.45, 2.75) is 37.8 Å². The van der Waals surface area contributed by atoms with Gasteiger partial charge in [-0.05, 0) is 80.4 Å². The molecule has 0 heterocycles. The minimum atomic E-state index is -0.396. The fraction of sp³-hybridized carbons (Fsp3) is 0.462. The molecule has 174 valence electrons. The number of rotatable bonds is 7. The average Bonchev–Trinajstić information content (AvgIpc) is 3.10. The van der Waals surface area contributed by atoms with Gasteiger partial charge >= 0.3 is 0 Å². The monoisotopic (exact) mass is 442 g/mol. The van der Waals surface area contributed by atoms with E-state index >= 15 is 0 Å². The van der Waals surface area contributed by atoms with Crippen LogP contribution in [-0.2, 0) is 29.0 Å². The van der Waals surface area contributed by atoms with Crippen LogP contribution in [0.2, 0.25) is 0 Å². The highest BCUT2D eigenvalue weighted by Crippen LogP contribution is 2.47. The van der Waals surface area contributed by atoms with Crippen molar-refractivity contribution in [1.29, 1.82) is 0 Å². The van der Waals surface area contributed by atoms with E-state index in [1.807, 2.05) is 43.7 Å². The molecule has 5 nitrogen and oxygen atoms in total. The van der Waals surface area contributed by atoms with Crippen molar-refractivity contribution in [2.75, 3.05) is 27.4 Å². The number of likely N-dealkylation sites (N-methyl/N-ethyl adjacent to an activating group) is 2. The molecule has 0 amide bonds. The summed E-state index contributed by atoms with van der Waals surface area (Å²) in [5.41, 5.74) is 4.01. The number of benzene rings is 2. The summed E-state index contributed by atoms with van der Waals surface area (Å²) in [6.07, 6.45) is 4.53. The number of alkyl halides is 1. The third kappa shape index (κ3) is 5.61. The molecule has 1 saturated carbocycles. The standard InChI is InChI=1S/C24H31FN2O.2CH2O/c1-26-24(16-27(2)17-25)21-9-10-22(24)13-20-14-23(11-8-19(20)12-21)28-15-18-6-4-3-5-7-18;2*1-2/h3-8,11,14,21-22,26H,9-10,12-13,15-17H2,1-2H3;2*1H2/t21-,22+,24+;;/m0../s1. The van der Waals surface area contributed by atoms with Crippen molar-refractivity contribution < 1.29 is 18.7 Å². The Kier molecular flexibility index (Phi) is 10.0. The number of carbonyl (C=O) groups excluding carboxylic acids is 2. The molecule has 4 rings (SSSR count). The molecule has 2 aromatic carbocycles. The zero-order valence-electron chi connectivity index (χ0n) is 19.2. The van der Waals surface area contributed by atoms with E-state index < -0.39 is 6.80 Å². The van der Waals surface area contributed by atoms with Crippen molar-refractivity contribution in [1.82, 2.24) is 10.2 Å². The SMILES string of the molecule is C=O.C=O.CN[C@@]1(CN(C)CF)[C@@H]2CC[C@H]1Cc1ccc(OCc3ccccc3)cc1C2. The van der Waals surface area contributed by atoms with Crippen LogP contribution in [0.5, 0.6) is 5.75 Å². The van der Waals surface area contributed by atoms with Crippen LogP contribution >= 0.6 is 0 Å². The summed E-state index contributed by atoms with van der Waals surface area (Å²) in [6, 6.07) is 16.9. The van der Waals surface area contributed by atoms with Gasteiger partial charge in [0.25, 0.3) is 0 Å². The molecule has 32 heavy (non-hydrogen) atoms. The van der Waals surface area contributed by atoms with Crippen LogP contribution in [0.25, 0.3) is 0 Å². The first-order chi connectivity index (χ1) is 15.6. The molecule has 0 aliphatic heterocycles. The lowest BCUT2D eigenvalue weighted by atomic mass is 9.78. The third-order valence-corrected chi connectivity index (χ3v) is 6.88. The molecular weight excluding hydrogens is 407 g/mol. The van der Waals surface area contributed by atoms with Gasteiger partial charge in [0, 0.05) is 12.1 Å². The molecular formula is C26H35FN2O3. The summed E-state index contributed by atoms with van der Waals surface area (Å²) in [7, 11) is 3.94. The van der Waals surface area contributed by atoms with Crippen LogP contribution in [-0.4, -0.2) is 51.5 Å². The highest BCUT2D eigenvalue weighted by atomic mass is 19.1. The quantitative estimate of drug-likeness (QED) is 0.661. The first kappa shape index (κ1) is 25.7. The maximum atomic E-state index is 13.2. The van der Waals surface area contributed by atoms with E-state index in [1.165, 1.54) is 29.5 Å². The van der Waals surface area contributed by atoms with Gasteiger partial charge in [-0.3, -0.25) is 4.90 Å². The van der Waals surface area contributed by atoms with E-state index in [4.69, 9.17) is 14.3 Å². The number of carbonyl (C=O) groups is 2. The Morgan fingerprint density at radius 1 is 1.03 bits per heavy atom. The molecule has 0 aromatic heterocycles. The van der Waals surface area contributed by atoms with E-state index in [9.17, 15) is 4.39 Å². The Morgan fingerprint density at radius 2 is 1.66 bits per heavy atom. The number of nitrogens with zero attached hydrogens (tertiary/aromatic N) is 1. The van der Waals surface area contributed by atoms with Gasteiger partial charge in [-0.15, -0.1) is 0 Å². The van der Waals surface area contributed by atoms with Crippen LogP contribution in [0.3, 0.4) is 0 Å². The molecule has 2 bridgehead atoms. The van der Waals surface area contributed by atoms with Gasteiger partial charge in [0.05, 0.1) is 0 Å². The first-order valence-electron chi connectivity index (χ1n) is 10.9. The van der Waals surface area contributed by atoms with Gasteiger partial charge in [0.2, 0.25) is 0 Å². The molecule has 3 atom stereocenters. The van der Waals surface area contributed by atoms with Crippen molar-refractivity contribution in [3.8, 4) is 5.75 Å². The van der Waals surface area contributed by atoms with Crippen molar-refractivity contribution in [2.24, 2.45) is 11.8 Å². The van der Waals surface area contributed by atoms with Gasteiger partial charge in [0.15, 0.2) is 0 Å². The summed E-state index contributed by atoms with van der Waals surface area (Å²) in [5, 5.41) is 3.64. The number of ether oxygens (including phenoxy) is 1. The number of halogens is 1. The zero-order valence-corrected chi connectivity index (χ0v) is 19.2. The molecule has 1 N–H and O–H groups in total. The lowest BCUT2D eigenvalue weighted by molar-refractivity contribution is -0.0987. The fourth-order valence-electron chi connectivity index (χ4n) is 5.41. The maximum Gasteiger partial charge on any atom is 0.142 e. The number of hydrogen-bond acceptors (Lipinski definition) is 5. The molecule has 6 heteroatoms. The van der Waals surface area contributed by atoms with Gasteiger partial charge in [-0.2, -0.15) is 0 Å². The molecule has 2 aliphatic carbocycles. The topological polar surface area (TPSA) is 58.6 Å².